The number of unbranched alkanes of at least 4 members (excludes halogenated alkanes) is 5. The summed E-state index contributed by atoms with van der Waals surface area (Å²) in [6.07, 6.45) is 11.5. The second-order valence-electron chi connectivity index (χ2n) is 4.88. The topological polar surface area (TPSA) is 34.1 Å². The molecule has 0 fully saturated rings. The first-order valence-electron chi connectivity index (χ1n) is 7.21. The van der Waals surface area contributed by atoms with Crippen LogP contribution in [0.4, 0.5) is 0 Å². The van der Waals surface area contributed by atoms with E-state index >= 15 is 0 Å². The Balaban J connectivity index is 3.47. The summed E-state index contributed by atoms with van der Waals surface area (Å²) in [5.74, 6) is 0.386. The summed E-state index contributed by atoms with van der Waals surface area (Å²) in [4.78, 5) is 22.0. The Kier molecular flexibility index (Phi) is 11.4. The monoisotopic (exact) mass is 240 g/mol. The van der Waals surface area contributed by atoms with E-state index in [0.717, 1.165) is 25.5 Å². The van der Waals surface area contributed by atoms with E-state index in [1.807, 2.05) is 6.92 Å². The molecule has 0 N–H and O–H groups in total. The van der Waals surface area contributed by atoms with E-state index in [1.165, 1.54) is 32.1 Å². The molecule has 0 amide bonds. The van der Waals surface area contributed by atoms with Gasteiger partial charge in [0, 0.05) is 18.8 Å². The van der Waals surface area contributed by atoms with Gasteiger partial charge in [-0.2, -0.15) is 0 Å². The van der Waals surface area contributed by atoms with Crippen LogP contribution in [0, 0.1) is 5.92 Å². The van der Waals surface area contributed by atoms with Gasteiger partial charge >= 0.3 is 0 Å². The molecule has 0 aromatic heterocycles. The Labute approximate surface area is 106 Å². The van der Waals surface area contributed by atoms with Crippen LogP contribution in [0.3, 0.4) is 0 Å². The summed E-state index contributed by atoms with van der Waals surface area (Å²) in [5.41, 5.74) is 0. The molecule has 2 nitrogen and oxygen atoms in total. The molecule has 100 valence electrons. The van der Waals surface area contributed by atoms with Gasteiger partial charge in [0.25, 0.3) is 0 Å². The molecule has 0 spiro atoms. The normalized spacial score (nSPS) is 12.4. The third-order valence-electron chi connectivity index (χ3n) is 3.31. The lowest BCUT2D eigenvalue weighted by Gasteiger charge is -2.09. The number of hydrogen-bond donors (Lipinski definition) is 0. The number of hydrogen-bond acceptors (Lipinski definition) is 2. The molecule has 0 aliphatic carbocycles. The summed E-state index contributed by atoms with van der Waals surface area (Å²) >= 11 is 0. The van der Waals surface area contributed by atoms with E-state index in [-0.39, 0.29) is 11.7 Å². The van der Waals surface area contributed by atoms with Gasteiger partial charge in [0.05, 0.1) is 0 Å². The van der Waals surface area contributed by atoms with Crippen LogP contribution in [0.5, 0.6) is 0 Å². The van der Waals surface area contributed by atoms with E-state index < -0.39 is 0 Å². The van der Waals surface area contributed by atoms with Gasteiger partial charge in [0.2, 0.25) is 0 Å². The highest BCUT2D eigenvalue weighted by Crippen LogP contribution is 2.15. The molecule has 0 bridgehead atoms. The lowest BCUT2D eigenvalue weighted by molar-refractivity contribution is -0.119. The minimum absolute atomic E-state index is 0.108. The molecular weight excluding hydrogens is 212 g/mol. The van der Waals surface area contributed by atoms with Crippen LogP contribution < -0.4 is 0 Å². The summed E-state index contributed by atoms with van der Waals surface area (Å²) in [6.45, 7) is 4.10. The highest BCUT2D eigenvalue weighted by molar-refractivity contribution is 5.78. The van der Waals surface area contributed by atoms with Crippen molar-refractivity contribution >= 4 is 12.1 Å². The lowest BCUT2D eigenvalue weighted by atomic mass is 9.95. The zero-order valence-electron chi connectivity index (χ0n) is 11.5. The van der Waals surface area contributed by atoms with E-state index in [9.17, 15) is 9.59 Å². The zero-order chi connectivity index (χ0) is 12.9. The SMILES string of the molecule is CCCCCCCCC(C=O)CCC(=O)CC. The molecule has 0 aliphatic rings. The van der Waals surface area contributed by atoms with Crippen molar-refractivity contribution in [1.82, 2.24) is 0 Å². The highest BCUT2D eigenvalue weighted by Gasteiger charge is 2.09. The summed E-state index contributed by atoms with van der Waals surface area (Å²) in [5, 5.41) is 0. The van der Waals surface area contributed by atoms with Gasteiger partial charge in [0.1, 0.15) is 12.1 Å². The van der Waals surface area contributed by atoms with Crippen LogP contribution in [-0.4, -0.2) is 12.1 Å². The summed E-state index contributed by atoms with van der Waals surface area (Å²) in [7, 11) is 0. The van der Waals surface area contributed by atoms with Gasteiger partial charge in [-0.05, 0) is 12.8 Å². The van der Waals surface area contributed by atoms with Crippen molar-refractivity contribution in [2.24, 2.45) is 5.92 Å². The minimum Gasteiger partial charge on any atom is -0.303 e. The van der Waals surface area contributed by atoms with Crippen molar-refractivity contribution in [2.75, 3.05) is 0 Å². The van der Waals surface area contributed by atoms with Crippen LogP contribution in [0.1, 0.15) is 78.1 Å². The maximum absolute atomic E-state index is 11.2. The molecular formula is C15H28O2. The predicted octanol–water partition coefficient (Wildman–Crippen LogP) is 4.31. The van der Waals surface area contributed by atoms with Gasteiger partial charge in [-0.15, -0.1) is 0 Å². The van der Waals surface area contributed by atoms with E-state index in [1.54, 1.807) is 0 Å². The third-order valence-corrected chi connectivity index (χ3v) is 3.31. The maximum atomic E-state index is 11.2. The molecule has 0 saturated carbocycles. The summed E-state index contributed by atoms with van der Waals surface area (Å²) < 4.78 is 0. The molecule has 2 heteroatoms. The van der Waals surface area contributed by atoms with Crippen LogP contribution >= 0.6 is 0 Å². The van der Waals surface area contributed by atoms with Crippen LogP contribution in [0.15, 0.2) is 0 Å². The molecule has 0 rings (SSSR count). The maximum Gasteiger partial charge on any atom is 0.132 e. The fraction of sp³-hybridized carbons (Fsp3) is 0.867. The number of carbonyl (C=O) groups is 2. The van der Waals surface area contributed by atoms with E-state index in [0.29, 0.717) is 12.8 Å². The molecule has 1 unspecified atom stereocenters. The Morgan fingerprint density at radius 3 is 2.24 bits per heavy atom. The van der Waals surface area contributed by atoms with Crippen LogP contribution in [0.2, 0.25) is 0 Å². The van der Waals surface area contributed by atoms with Crippen molar-refractivity contribution in [3.63, 3.8) is 0 Å². The molecule has 0 heterocycles. The van der Waals surface area contributed by atoms with Crippen LogP contribution in [0.25, 0.3) is 0 Å². The van der Waals surface area contributed by atoms with Gasteiger partial charge in [-0.25, -0.2) is 0 Å². The number of Topliss-reactive ketones (excluding diaryl/α,β-unsaturated/α-hetero) is 1. The standard InChI is InChI=1S/C15H28O2/c1-3-5-6-7-8-9-10-14(13-16)11-12-15(17)4-2/h13-14H,3-12H2,1-2H3. The average molecular weight is 240 g/mol. The molecule has 0 aliphatic heterocycles. The molecule has 17 heavy (non-hydrogen) atoms. The molecule has 0 radical (unpaired) electrons. The minimum atomic E-state index is 0.108. The fourth-order valence-electron chi connectivity index (χ4n) is 1.99. The van der Waals surface area contributed by atoms with Crippen molar-refractivity contribution < 1.29 is 9.59 Å². The fourth-order valence-corrected chi connectivity index (χ4v) is 1.99. The van der Waals surface area contributed by atoms with Crippen LogP contribution in [-0.2, 0) is 9.59 Å². The second kappa shape index (κ2) is 11.8. The molecule has 1 atom stereocenters. The van der Waals surface area contributed by atoms with Gasteiger partial charge < -0.3 is 4.79 Å². The summed E-state index contributed by atoms with van der Waals surface area (Å²) in [6, 6.07) is 0. The molecule has 0 saturated heterocycles. The smallest absolute Gasteiger partial charge is 0.132 e. The van der Waals surface area contributed by atoms with Crippen molar-refractivity contribution in [1.29, 1.82) is 0 Å². The number of rotatable bonds is 12. The first kappa shape index (κ1) is 16.3. The van der Waals surface area contributed by atoms with Crippen molar-refractivity contribution in [2.45, 2.75) is 78.1 Å². The van der Waals surface area contributed by atoms with Gasteiger partial charge in [0.15, 0.2) is 0 Å². The number of carbonyl (C=O) groups excluding carboxylic acids is 2. The van der Waals surface area contributed by atoms with Crippen molar-refractivity contribution in [3.8, 4) is 0 Å². The molecule has 0 aromatic rings. The zero-order valence-corrected chi connectivity index (χ0v) is 11.5. The lowest BCUT2D eigenvalue weighted by Crippen LogP contribution is -2.06. The van der Waals surface area contributed by atoms with Gasteiger partial charge in [-0.1, -0.05) is 52.4 Å². The highest BCUT2D eigenvalue weighted by atomic mass is 16.1. The molecule has 0 aromatic carbocycles. The average Bonchev–Trinajstić information content (AvgIpc) is 2.36. The van der Waals surface area contributed by atoms with E-state index in [4.69, 9.17) is 0 Å². The number of ketones is 1. The Hall–Kier alpha value is -0.660. The predicted molar refractivity (Wildman–Crippen MR) is 72.1 cm³/mol. The Morgan fingerprint density at radius 1 is 1.00 bits per heavy atom. The Morgan fingerprint density at radius 2 is 1.65 bits per heavy atom. The Bertz CT molecular complexity index is 199. The quantitative estimate of drug-likeness (QED) is 0.376. The van der Waals surface area contributed by atoms with Gasteiger partial charge in [-0.3, -0.25) is 4.79 Å². The second-order valence-corrected chi connectivity index (χ2v) is 4.88. The van der Waals surface area contributed by atoms with E-state index in [2.05, 4.69) is 6.92 Å². The number of aldehydes is 1. The first-order valence-corrected chi connectivity index (χ1v) is 7.21. The first-order chi connectivity index (χ1) is 8.24. The van der Waals surface area contributed by atoms with Crippen molar-refractivity contribution in [3.05, 3.63) is 0 Å². The third kappa shape index (κ3) is 10.2. The largest absolute Gasteiger partial charge is 0.303 e.